The van der Waals surface area contributed by atoms with Crippen molar-refractivity contribution in [1.82, 2.24) is 15.5 Å². The van der Waals surface area contributed by atoms with E-state index in [-0.39, 0.29) is 6.42 Å². The number of amides is 3. The highest BCUT2D eigenvalue weighted by atomic mass is 35.5. The number of nitrogens with zero attached hydrogens (tertiary/aromatic N) is 2. The number of hydrogen-bond acceptors (Lipinski definition) is 8. The molecule has 2 heterocycles. The molecule has 31 heavy (non-hydrogen) atoms. The van der Waals surface area contributed by atoms with Crippen LogP contribution in [0.25, 0.3) is 11.5 Å². The van der Waals surface area contributed by atoms with Gasteiger partial charge in [-0.1, -0.05) is 23.4 Å². The highest BCUT2D eigenvalue weighted by molar-refractivity contribution is 7.99. The van der Waals surface area contributed by atoms with E-state index in [2.05, 4.69) is 20.8 Å². The molecular formula is C20H17ClN4O5S. The summed E-state index contributed by atoms with van der Waals surface area (Å²) < 4.78 is 16.5. The zero-order valence-corrected chi connectivity index (χ0v) is 17.7. The molecular weight excluding hydrogens is 444 g/mol. The summed E-state index contributed by atoms with van der Waals surface area (Å²) >= 11 is 7.09. The molecule has 0 spiro atoms. The fourth-order valence-corrected chi connectivity index (χ4v) is 3.51. The van der Waals surface area contributed by atoms with Crippen LogP contribution < -0.4 is 20.1 Å². The molecule has 0 fully saturated rings. The number of urea groups is 1. The van der Waals surface area contributed by atoms with Crippen LogP contribution in [-0.2, 0) is 4.79 Å². The van der Waals surface area contributed by atoms with E-state index in [9.17, 15) is 9.59 Å². The lowest BCUT2D eigenvalue weighted by atomic mass is 10.2. The first-order chi connectivity index (χ1) is 15.1. The minimum Gasteiger partial charge on any atom is -0.486 e. The standard InChI is InChI=1S/C20H17ClN4O5S/c21-13-3-1-12(2-4-13)18-24-25-20(30-18)31-10-7-17(26)23-19(27)22-14-5-6-15-16(11-14)29-9-8-28-15/h1-6,11H,7-10H2,(H2,22,23,26,27). The maximum atomic E-state index is 12.0. The number of halogens is 1. The molecule has 160 valence electrons. The molecule has 0 radical (unpaired) electrons. The van der Waals surface area contributed by atoms with E-state index in [0.717, 1.165) is 5.56 Å². The molecule has 0 saturated heterocycles. The van der Waals surface area contributed by atoms with Gasteiger partial charge in [0.2, 0.25) is 11.8 Å². The second-order valence-corrected chi connectivity index (χ2v) is 7.82. The smallest absolute Gasteiger partial charge is 0.325 e. The van der Waals surface area contributed by atoms with Crippen LogP contribution in [0.15, 0.2) is 52.1 Å². The monoisotopic (exact) mass is 460 g/mol. The zero-order chi connectivity index (χ0) is 21.6. The van der Waals surface area contributed by atoms with Crippen molar-refractivity contribution in [2.24, 2.45) is 0 Å². The molecule has 0 unspecified atom stereocenters. The van der Waals surface area contributed by atoms with Gasteiger partial charge in [-0.2, -0.15) is 0 Å². The van der Waals surface area contributed by atoms with Crippen molar-refractivity contribution < 1.29 is 23.5 Å². The van der Waals surface area contributed by atoms with Crippen molar-refractivity contribution in [3.63, 3.8) is 0 Å². The Morgan fingerprint density at radius 2 is 1.81 bits per heavy atom. The Balaban J connectivity index is 1.21. The number of rotatable bonds is 6. The predicted octanol–water partition coefficient (Wildman–Crippen LogP) is 3.99. The second kappa shape index (κ2) is 9.71. The van der Waals surface area contributed by atoms with Gasteiger partial charge in [-0.25, -0.2) is 4.79 Å². The first kappa shape index (κ1) is 21.0. The van der Waals surface area contributed by atoms with E-state index in [4.69, 9.17) is 25.5 Å². The normalized spacial score (nSPS) is 12.3. The number of carbonyl (C=O) groups is 2. The molecule has 11 heteroatoms. The highest BCUT2D eigenvalue weighted by Crippen LogP contribution is 2.32. The predicted molar refractivity (Wildman–Crippen MR) is 115 cm³/mol. The number of ether oxygens (including phenoxy) is 2. The molecule has 4 rings (SSSR count). The number of anilines is 1. The van der Waals surface area contributed by atoms with E-state index in [1.807, 2.05) is 0 Å². The van der Waals surface area contributed by atoms with E-state index in [1.54, 1.807) is 42.5 Å². The van der Waals surface area contributed by atoms with Gasteiger partial charge in [-0.3, -0.25) is 10.1 Å². The minimum atomic E-state index is -0.630. The molecule has 0 bridgehead atoms. The number of nitrogens with one attached hydrogen (secondary N) is 2. The minimum absolute atomic E-state index is 0.0951. The number of imide groups is 1. The maximum Gasteiger partial charge on any atom is 0.325 e. The van der Waals surface area contributed by atoms with E-state index in [1.165, 1.54) is 11.8 Å². The Labute approximate surface area is 186 Å². The first-order valence-electron chi connectivity index (χ1n) is 9.29. The SMILES string of the molecule is O=C(CCSc1nnc(-c2ccc(Cl)cc2)o1)NC(=O)Nc1ccc2c(c1)OCCO2. The molecule has 2 aromatic carbocycles. The molecule has 9 nitrogen and oxygen atoms in total. The summed E-state index contributed by atoms with van der Waals surface area (Å²) in [5, 5.41) is 13.7. The molecule has 1 aliphatic heterocycles. The maximum absolute atomic E-state index is 12.0. The summed E-state index contributed by atoms with van der Waals surface area (Å²) in [7, 11) is 0. The quantitative estimate of drug-likeness (QED) is 0.530. The van der Waals surface area contributed by atoms with Crippen LogP contribution in [0, 0.1) is 0 Å². The van der Waals surface area contributed by atoms with Gasteiger partial charge >= 0.3 is 6.03 Å². The van der Waals surface area contributed by atoms with Gasteiger partial charge in [0.1, 0.15) is 13.2 Å². The fraction of sp³-hybridized carbons (Fsp3) is 0.200. The molecule has 0 saturated carbocycles. The summed E-state index contributed by atoms with van der Waals surface area (Å²) in [4.78, 5) is 24.1. The Kier molecular flexibility index (Phi) is 6.58. The number of benzene rings is 2. The highest BCUT2D eigenvalue weighted by Gasteiger charge is 2.14. The van der Waals surface area contributed by atoms with E-state index in [0.29, 0.717) is 52.3 Å². The fourth-order valence-electron chi connectivity index (χ4n) is 2.68. The molecule has 3 amide bonds. The lowest BCUT2D eigenvalue weighted by Crippen LogP contribution is -2.34. The van der Waals surface area contributed by atoms with Crippen LogP contribution in [0.3, 0.4) is 0 Å². The van der Waals surface area contributed by atoms with Crippen molar-refractivity contribution in [1.29, 1.82) is 0 Å². The van der Waals surface area contributed by atoms with Gasteiger partial charge in [0.25, 0.3) is 5.22 Å². The largest absolute Gasteiger partial charge is 0.486 e. The first-order valence-corrected chi connectivity index (χ1v) is 10.7. The summed E-state index contributed by atoms with van der Waals surface area (Å²) in [6.07, 6.45) is 0.0951. The summed E-state index contributed by atoms with van der Waals surface area (Å²) in [6.45, 7) is 0.929. The Morgan fingerprint density at radius 3 is 2.61 bits per heavy atom. The van der Waals surface area contributed by atoms with Gasteiger partial charge in [-0.05, 0) is 36.4 Å². The summed E-state index contributed by atoms with van der Waals surface area (Å²) in [6, 6.07) is 11.4. The van der Waals surface area contributed by atoms with Crippen molar-refractivity contribution >= 4 is 41.0 Å². The Hall–Kier alpha value is -3.24. The van der Waals surface area contributed by atoms with Gasteiger partial charge in [0, 0.05) is 34.5 Å². The van der Waals surface area contributed by atoms with Gasteiger partial charge < -0.3 is 19.2 Å². The molecule has 1 aliphatic rings. The Bertz CT molecular complexity index is 1090. The third-order valence-electron chi connectivity index (χ3n) is 4.11. The van der Waals surface area contributed by atoms with Crippen molar-refractivity contribution in [2.45, 2.75) is 11.6 Å². The van der Waals surface area contributed by atoms with Crippen LogP contribution in [0.5, 0.6) is 11.5 Å². The lowest BCUT2D eigenvalue weighted by molar-refractivity contribution is -0.119. The lowest BCUT2D eigenvalue weighted by Gasteiger charge is -2.19. The Morgan fingerprint density at radius 1 is 1.03 bits per heavy atom. The topological polar surface area (TPSA) is 116 Å². The van der Waals surface area contributed by atoms with Crippen LogP contribution >= 0.6 is 23.4 Å². The number of fused-ring (bicyclic) bond motifs is 1. The molecule has 1 aromatic heterocycles. The van der Waals surface area contributed by atoms with Crippen LogP contribution in [0.1, 0.15) is 6.42 Å². The number of carbonyl (C=O) groups excluding carboxylic acids is 2. The average molecular weight is 461 g/mol. The van der Waals surface area contributed by atoms with Crippen LogP contribution in [0.4, 0.5) is 10.5 Å². The van der Waals surface area contributed by atoms with Crippen LogP contribution in [0.2, 0.25) is 5.02 Å². The third kappa shape index (κ3) is 5.68. The van der Waals surface area contributed by atoms with E-state index >= 15 is 0 Å². The summed E-state index contributed by atoms with van der Waals surface area (Å²) in [5.74, 6) is 1.46. The van der Waals surface area contributed by atoms with Crippen molar-refractivity contribution in [2.75, 3.05) is 24.3 Å². The second-order valence-electron chi connectivity index (χ2n) is 6.34. The van der Waals surface area contributed by atoms with Crippen molar-refractivity contribution in [3.05, 3.63) is 47.5 Å². The van der Waals surface area contributed by atoms with Gasteiger partial charge in [0.15, 0.2) is 11.5 Å². The summed E-state index contributed by atoms with van der Waals surface area (Å²) in [5.41, 5.74) is 1.24. The number of hydrogen-bond donors (Lipinski definition) is 2. The zero-order valence-electron chi connectivity index (χ0n) is 16.1. The molecule has 0 aliphatic carbocycles. The van der Waals surface area contributed by atoms with Crippen LogP contribution in [-0.4, -0.2) is 41.1 Å². The average Bonchev–Trinajstić information content (AvgIpc) is 3.23. The van der Waals surface area contributed by atoms with Gasteiger partial charge in [0.05, 0.1) is 0 Å². The third-order valence-corrected chi connectivity index (χ3v) is 5.18. The molecule has 3 aromatic rings. The van der Waals surface area contributed by atoms with Gasteiger partial charge in [-0.15, -0.1) is 10.2 Å². The molecule has 2 N–H and O–H groups in total. The van der Waals surface area contributed by atoms with E-state index < -0.39 is 11.9 Å². The molecule has 0 atom stereocenters. The number of thioether (sulfide) groups is 1. The van der Waals surface area contributed by atoms with Crippen molar-refractivity contribution in [3.8, 4) is 23.0 Å². The number of aromatic nitrogens is 2.